The molecule has 1 N–H and O–H groups in total. The fourth-order valence-electron chi connectivity index (χ4n) is 2.33. The average molecular weight is 475 g/mol. The normalized spacial score (nSPS) is 10.9. The summed E-state index contributed by atoms with van der Waals surface area (Å²) in [6.45, 7) is 5.52. The molecule has 1 heterocycles. The molecule has 0 saturated carbocycles. The lowest BCUT2D eigenvalue weighted by Crippen LogP contribution is -2.38. The van der Waals surface area contributed by atoms with E-state index in [-0.39, 0.29) is 24.0 Å². The number of aliphatic imine (C=N–C) groups is 1. The molecule has 2 aromatic rings. The number of nitrogens with zero attached hydrogens (tertiary/aromatic N) is 4. The van der Waals surface area contributed by atoms with Gasteiger partial charge in [0.05, 0.1) is 14.2 Å². The molecule has 0 bridgehead atoms. The number of methoxy groups -OCH3 is 2. The maximum atomic E-state index is 5.46. The van der Waals surface area contributed by atoms with Crippen molar-refractivity contribution >= 4 is 29.9 Å². The molecule has 0 atom stereocenters. The monoisotopic (exact) mass is 475 g/mol. The van der Waals surface area contributed by atoms with Gasteiger partial charge in [0.25, 0.3) is 0 Å². The van der Waals surface area contributed by atoms with Crippen LogP contribution in [0.15, 0.2) is 27.7 Å². The van der Waals surface area contributed by atoms with Crippen LogP contribution in [0.3, 0.4) is 0 Å². The quantitative estimate of drug-likeness (QED) is 0.375. The van der Waals surface area contributed by atoms with Crippen molar-refractivity contribution in [2.75, 3.05) is 27.8 Å². The van der Waals surface area contributed by atoms with Crippen molar-refractivity contribution in [2.24, 2.45) is 4.99 Å². The van der Waals surface area contributed by atoms with Gasteiger partial charge in [-0.15, -0.1) is 24.0 Å². The Morgan fingerprint density at radius 1 is 1.31 bits per heavy atom. The molecule has 26 heavy (non-hydrogen) atoms. The Bertz CT molecular complexity index is 720. The minimum atomic E-state index is 0. The second-order valence-electron chi connectivity index (χ2n) is 5.43. The molecule has 1 aromatic carbocycles. The summed E-state index contributed by atoms with van der Waals surface area (Å²) < 4.78 is 15.7. The Balaban J connectivity index is 0.00000338. The summed E-state index contributed by atoms with van der Waals surface area (Å²) in [4.78, 5) is 10.7. The fraction of sp³-hybridized carbons (Fsp3) is 0.471. The molecule has 2 rings (SSSR count). The second-order valence-corrected chi connectivity index (χ2v) is 5.43. The Hall–Kier alpha value is -2.04. The topological polar surface area (TPSA) is 85.0 Å². The van der Waals surface area contributed by atoms with Crippen LogP contribution in [0, 0.1) is 6.92 Å². The van der Waals surface area contributed by atoms with Crippen LogP contribution in [0.5, 0.6) is 11.5 Å². The Kier molecular flexibility index (Phi) is 9.17. The zero-order valence-corrected chi connectivity index (χ0v) is 18.1. The number of aryl methyl sites for hydroxylation is 1. The maximum Gasteiger partial charge on any atom is 0.223 e. The number of ether oxygens (including phenoxy) is 2. The number of rotatable bonds is 7. The van der Waals surface area contributed by atoms with Gasteiger partial charge >= 0.3 is 0 Å². The number of hydrogen-bond acceptors (Lipinski definition) is 6. The number of halogens is 1. The Labute approximate surface area is 171 Å². The van der Waals surface area contributed by atoms with E-state index >= 15 is 0 Å². The minimum Gasteiger partial charge on any atom is -0.497 e. The van der Waals surface area contributed by atoms with Crippen molar-refractivity contribution in [3.63, 3.8) is 0 Å². The van der Waals surface area contributed by atoms with Crippen LogP contribution in [0.2, 0.25) is 0 Å². The summed E-state index contributed by atoms with van der Waals surface area (Å²) in [6, 6.07) is 5.77. The zero-order valence-electron chi connectivity index (χ0n) is 15.8. The third-order valence-electron chi connectivity index (χ3n) is 3.54. The highest BCUT2D eigenvalue weighted by atomic mass is 127. The van der Waals surface area contributed by atoms with Crippen LogP contribution in [-0.2, 0) is 13.1 Å². The largest absolute Gasteiger partial charge is 0.497 e. The van der Waals surface area contributed by atoms with E-state index in [1.165, 1.54) is 0 Å². The fourth-order valence-corrected chi connectivity index (χ4v) is 2.33. The predicted octanol–water partition coefficient (Wildman–Crippen LogP) is 2.61. The molecule has 0 fully saturated rings. The first-order valence-corrected chi connectivity index (χ1v) is 8.06. The average Bonchev–Trinajstić information content (AvgIpc) is 3.04. The van der Waals surface area contributed by atoms with Crippen molar-refractivity contribution in [3.05, 3.63) is 35.5 Å². The van der Waals surface area contributed by atoms with Crippen LogP contribution in [-0.4, -0.2) is 48.8 Å². The molecule has 9 heteroatoms. The standard InChI is InChI=1S/C17H25N5O3.HI/c1-6-18-17(19-10-16-20-12(2)25-21-16)22(3)11-13-7-8-14(23-4)9-15(13)24-5;/h7-9H,6,10-11H2,1-5H3,(H,18,19);1H. The molecule has 0 aliphatic carbocycles. The molecule has 144 valence electrons. The highest BCUT2D eigenvalue weighted by Gasteiger charge is 2.12. The summed E-state index contributed by atoms with van der Waals surface area (Å²) in [7, 11) is 5.25. The molecule has 0 unspecified atom stereocenters. The van der Waals surface area contributed by atoms with E-state index in [2.05, 4.69) is 20.4 Å². The molecule has 0 aliphatic rings. The highest BCUT2D eigenvalue weighted by molar-refractivity contribution is 14.0. The van der Waals surface area contributed by atoms with E-state index in [1.54, 1.807) is 21.1 Å². The Morgan fingerprint density at radius 3 is 2.65 bits per heavy atom. The van der Waals surface area contributed by atoms with E-state index in [0.717, 1.165) is 29.6 Å². The first-order valence-electron chi connectivity index (χ1n) is 8.06. The number of nitrogens with one attached hydrogen (secondary N) is 1. The summed E-state index contributed by atoms with van der Waals surface area (Å²) in [5.74, 6) is 3.38. The third-order valence-corrected chi connectivity index (χ3v) is 3.54. The lowest BCUT2D eigenvalue weighted by Gasteiger charge is -2.23. The first kappa shape index (κ1) is 22.0. The summed E-state index contributed by atoms with van der Waals surface area (Å²) in [5.41, 5.74) is 1.03. The van der Waals surface area contributed by atoms with Crippen LogP contribution in [0.4, 0.5) is 0 Å². The van der Waals surface area contributed by atoms with Crippen LogP contribution < -0.4 is 14.8 Å². The zero-order chi connectivity index (χ0) is 18.2. The van der Waals surface area contributed by atoms with E-state index < -0.39 is 0 Å². The smallest absolute Gasteiger partial charge is 0.223 e. The first-order chi connectivity index (χ1) is 12.1. The van der Waals surface area contributed by atoms with Crippen LogP contribution in [0.25, 0.3) is 0 Å². The number of guanidine groups is 1. The molecular weight excluding hydrogens is 449 g/mol. The van der Waals surface area contributed by atoms with E-state index in [0.29, 0.717) is 24.8 Å². The van der Waals surface area contributed by atoms with E-state index in [4.69, 9.17) is 14.0 Å². The third kappa shape index (κ3) is 6.04. The van der Waals surface area contributed by atoms with Gasteiger partial charge in [0, 0.05) is 38.7 Å². The van der Waals surface area contributed by atoms with Crippen molar-refractivity contribution < 1.29 is 14.0 Å². The van der Waals surface area contributed by atoms with E-state index in [1.807, 2.05) is 37.1 Å². The summed E-state index contributed by atoms with van der Waals surface area (Å²) >= 11 is 0. The van der Waals surface area contributed by atoms with Gasteiger partial charge in [-0.3, -0.25) is 0 Å². The van der Waals surface area contributed by atoms with Gasteiger partial charge in [-0.1, -0.05) is 5.16 Å². The number of benzene rings is 1. The van der Waals surface area contributed by atoms with Gasteiger partial charge in [-0.2, -0.15) is 4.98 Å². The molecule has 0 saturated heterocycles. The van der Waals surface area contributed by atoms with Gasteiger partial charge < -0.3 is 24.2 Å². The predicted molar refractivity (Wildman–Crippen MR) is 110 cm³/mol. The molecule has 8 nitrogen and oxygen atoms in total. The van der Waals surface area contributed by atoms with Gasteiger partial charge in [-0.05, 0) is 19.1 Å². The van der Waals surface area contributed by atoms with Crippen molar-refractivity contribution in [1.29, 1.82) is 0 Å². The number of aromatic nitrogens is 2. The molecule has 0 spiro atoms. The van der Waals surface area contributed by atoms with Crippen molar-refractivity contribution in [3.8, 4) is 11.5 Å². The Morgan fingerprint density at radius 2 is 2.08 bits per heavy atom. The molecular formula is C17H26IN5O3. The highest BCUT2D eigenvalue weighted by Crippen LogP contribution is 2.25. The molecule has 1 aromatic heterocycles. The summed E-state index contributed by atoms with van der Waals surface area (Å²) in [6.07, 6.45) is 0. The lowest BCUT2D eigenvalue weighted by atomic mass is 10.2. The van der Waals surface area contributed by atoms with Crippen LogP contribution >= 0.6 is 24.0 Å². The van der Waals surface area contributed by atoms with Gasteiger partial charge in [0.15, 0.2) is 11.8 Å². The molecule has 0 aliphatic heterocycles. The SMILES string of the molecule is CCNC(=NCc1noc(C)n1)N(C)Cc1ccc(OC)cc1OC.I. The summed E-state index contributed by atoms with van der Waals surface area (Å²) in [5, 5.41) is 7.13. The second kappa shape index (κ2) is 10.8. The minimum absolute atomic E-state index is 0. The van der Waals surface area contributed by atoms with Gasteiger partial charge in [0.1, 0.15) is 18.0 Å². The van der Waals surface area contributed by atoms with Gasteiger partial charge in [0.2, 0.25) is 5.89 Å². The van der Waals surface area contributed by atoms with Crippen molar-refractivity contribution in [1.82, 2.24) is 20.4 Å². The van der Waals surface area contributed by atoms with Crippen LogP contribution in [0.1, 0.15) is 24.2 Å². The van der Waals surface area contributed by atoms with Gasteiger partial charge in [-0.25, -0.2) is 4.99 Å². The number of hydrogen-bond donors (Lipinski definition) is 1. The molecule has 0 radical (unpaired) electrons. The maximum absolute atomic E-state index is 5.46. The lowest BCUT2D eigenvalue weighted by molar-refractivity contribution is 0.382. The van der Waals surface area contributed by atoms with E-state index in [9.17, 15) is 0 Å². The molecule has 0 amide bonds. The van der Waals surface area contributed by atoms with Crippen molar-refractivity contribution in [2.45, 2.75) is 26.9 Å².